The minimum Gasteiger partial charge on any atom is -0.488 e. The number of aromatic nitrogens is 3. The SMILES string of the molecule is Cc1ccc(CSc2nncn2/N=C/c2ccccc2OCc2ccc(Cl)cc2)cc1. The molecule has 0 fully saturated rings. The first kappa shape index (κ1) is 21.2. The highest BCUT2D eigenvalue weighted by atomic mass is 35.5. The smallest absolute Gasteiger partial charge is 0.212 e. The van der Waals surface area contributed by atoms with Gasteiger partial charge < -0.3 is 4.74 Å². The van der Waals surface area contributed by atoms with Crippen LogP contribution in [0.2, 0.25) is 5.02 Å². The largest absolute Gasteiger partial charge is 0.488 e. The molecule has 0 radical (unpaired) electrons. The first-order valence-corrected chi connectivity index (χ1v) is 11.1. The number of hydrogen-bond donors (Lipinski definition) is 0. The fraction of sp³-hybridized carbons (Fsp3) is 0.125. The summed E-state index contributed by atoms with van der Waals surface area (Å²) >= 11 is 7.54. The standard InChI is InChI=1S/C24H21ClN4OS/c1-18-6-8-20(9-7-18)16-31-24-28-26-17-29(24)27-14-21-4-2-3-5-23(21)30-15-19-10-12-22(25)13-11-19/h2-14,17H,15-16H2,1H3/b27-14+. The Hall–Kier alpha value is -3.09. The number of hydrogen-bond acceptors (Lipinski definition) is 5. The van der Waals surface area contributed by atoms with E-state index in [0.29, 0.717) is 11.6 Å². The molecule has 0 aliphatic rings. The second kappa shape index (κ2) is 10.3. The van der Waals surface area contributed by atoms with Gasteiger partial charge in [0.15, 0.2) is 0 Å². The summed E-state index contributed by atoms with van der Waals surface area (Å²) in [6, 6.07) is 23.9. The molecule has 1 heterocycles. The minimum absolute atomic E-state index is 0.451. The fourth-order valence-corrected chi connectivity index (χ4v) is 3.76. The van der Waals surface area contributed by atoms with Gasteiger partial charge in [0.2, 0.25) is 5.16 Å². The van der Waals surface area contributed by atoms with Crippen molar-refractivity contribution in [2.24, 2.45) is 5.10 Å². The molecule has 31 heavy (non-hydrogen) atoms. The van der Waals surface area contributed by atoms with Gasteiger partial charge >= 0.3 is 0 Å². The summed E-state index contributed by atoms with van der Waals surface area (Å²) in [5, 5.41) is 14.2. The Morgan fingerprint density at radius 1 is 1.00 bits per heavy atom. The van der Waals surface area contributed by atoms with E-state index in [4.69, 9.17) is 16.3 Å². The van der Waals surface area contributed by atoms with Gasteiger partial charge in [-0.3, -0.25) is 0 Å². The molecule has 3 aromatic carbocycles. The van der Waals surface area contributed by atoms with Crippen LogP contribution >= 0.6 is 23.4 Å². The van der Waals surface area contributed by atoms with Gasteiger partial charge in [-0.1, -0.05) is 77.5 Å². The molecule has 0 saturated carbocycles. The van der Waals surface area contributed by atoms with Crippen molar-refractivity contribution in [2.45, 2.75) is 24.4 Å². The van der Waals surface area contributed by atoms with Gasteiger partial charge in [0.25, 0.3) is 0 Å². The van der Waals surface area contributed by atoms with Gasteiger partial charge in [-0.2, -0.15) is 9.78 Å². The van der Waals surface area contributed by atoms with E-state index in [-0.39, 0.29) is 0 Å². The van der Waals surface area contributed by atoms with Crippen LogP contribution in [0.4, 0.5) is 0 Å². The summed E-state index contributed by atoms with van der Waals surface area (Å²) in [5.74, 6) is 1.55. The highest BCUT2D eigenvalue weighted by Crippen LogP contribution is 2.22. The van der Waals surface area contributed by atoms with E-state index in [9.17, 15) is 0 Å². The van der Waals surface area contributed by atoms with Crippen LogP contribution in [0, 0.1) is 6.92 Å². The van der Waals surface area contributed by atoms with Crippen molar-refractivity contribution in [1.29, 1.82) is 0 Å². The third-order valence-electron chi connectivity index (χ3n) is 4.54. The number of ether oxygens (including phenoxy) is 1. The molecule has 156 valence electrons. The van der Waals surface area contributed by atoms with Crippen molar-refractivity contribution in [2.75, 3.05) is 0 Å². The molecule has 4 rings (SSSR count). The lowest BCUT2D eigenvalue weighted by atomic mass is 10.2. The molecule has 1 aromatic heterocycles. The van der Waals surface area contributed by atoms with Crippen LogP contribution in [0.15, 0.2) is 89.4 Å². The molecular weight excluding hydrogens is 428 g/mol. The molecule has 5 nitrogen and oxygen atoms in total. The van der Waals surface area contributed by atoms with E-state index in [0.717, 1.165) is 27.8 Å². The monoisotopic (exact) mass is 448 g/mol. The van der Waals surface area contributed by atoms with Crippen LogP contribution in [0.5, 0.6) is 5.75 Å². The van der Waals surface area contributed by atoms with Gasteiger partial charge in [0, 0.05) is 16.3 Å². The maximum Gasteiger partial charge on any atom is 0.212 e. The summed E-state index contributed by atoms with van der Waals surface area (Å²) in [5.41, 5.74) is 4.40. The van der Waals surface area contributed by atoms with E-state index in [1.807, 2.05) is 48.5 Å². The summed E-state index contributed by atoms with van der Waals surface area (Å²) in [7, 11) is 0. The highest BCUT2D eigenvalue weighted by Gasteiger charge is 2.06. The zero-order valence-electron chi connectivity index (χ0n) is 17.0. The van der Waals surface area contributed by atoms with Gasteiger partial charge in [-0.15, -0.1) is 10.2 Å². The van der Waals surface area contributed by atoms with Gasteiger partial charge in [-0.25, -0.2) is 0 Å². The van der Waals surface area contributed by atoms with Gasteiger partial charge in [-0.05, 0) is 42.3 Å². The molecule has 4 aromatic rings. The van der Waals surface area contributed by atoms with Gasteiger partial charge in [0.1, 0.15) is 18.7 Å². The summed E-state index contributed by atoms with van der Waals surface area (Å²) in [6.07, 6.45) is 3.36. The van der Waals surface area contributed by atoms with Crippen molar-refractivity contribution >= 4 is 29.6 Å². The Bertz CT molecular complexity index is 1160. The Kier molecular flexibility index (Phi) is 7.02. The summed E-state index contributed by atoms with van der Waals surface area (Å²) in [4.78, 5) is 0. The quantitative estimate of drug-likeness (QED) is 0.245. The lowest BCUT2D eigenvalue weighted by Crippen LogP contribution is -1.99. The maximum atomic E-state index is 6.00. The topological polar surface area (TPSA) is 52.3 Å². The van der Waals surface area contributed by atoms with E-state index >= 15 is 0 Å². The molecule has 7 heteroatoms. The van der Waals surface area contributed by atoms with E-state index < -0.39 is 0 Å². The Morgan fingerprint density at radius 3 is 2.55 bits per heavy atom. The Balaban J connectivity index is 1.42. The van der Waals surface area contributed by atoms with Gasteiger partial charge in [0.05, 0.1) is 6.21 Å². The number of halogens is 1. The lowest BCUT2D eigenvalue weighted by Gasteiger charge is -2.09. The van der Waals surface area contributed by atoms with Crippen molar-refractivity contribution in [1.82, 2.24) is 14.9 Å². The zero-order chi connectivity index (χ0) is 21.5. The molecule has 0 atom stereocenters. The van der Waals surface area contributed by atoms with Crippen molar-refractivity contribution in [3.63, 3.8) is 0 Å². The third-order valence-corrected chi connectivity index (χ3v) is 5.79. The molecule has 0 saturated heterocycles. The predicted octanol–water partition coefficient (Wildman–Crippen LogP) is 5.99. The minimum atomic E-state index is 0.451. The summed E-state index contributed by atoms with van der Waals surface area (Å²) in [6.45, 7) is 2.53. The number of benzene rings is 3. The lowest BCUT2D eigenvalue weighted by molar-refractivity contribution is 0.306. The second-order valence-corrected chi connectivity index (χ2v) is 8.31. The van der Waals surface area contributed by atoms with Crippen molar-refractivity contribution in [3.8, 4) is 5.75 Å². The number of para-hydroxylation sites is 1. The molecule has 0 aliphatic carbocycles. The van der Waals surface area contributed by atoms with E-state index in [1.54, 1.807) is 29.0 Å². The number of rotatable bonds is 8. The third kappa shape index (κ3) is 5.96. The molecular formula is C24H21ClN4OS. The normalized spacial score (nSPS) is 11.2. The second-order valence-electron chi connectivity index (χ2n) is 6.93. The van der Waals surface area contributed by atoms with Crippen LogP contribution in [0.25, 0.3) is 0 Å². The maximum absolute atomic E-state index is 6.00. The predicted molar refractivity (Wildman–Crippen MR) is 126 cm³/mol. The van der Waals surface area contributed by atoms with Crippen LogP contribution in [-0.4, -0.2) is 21.1 Å². The molecule has 0 spiro atoms. The van der Waals surface area contributed by atoms with E-state index in [2.05, 4.69) is 46.5 Å². The zero-order valence-corrected chi connectivity index (χ0v) is 18.6. The van der Waals surface area contributed by atoms with Crippen LogP contribution in [0.3, 0.4) is 0 Å². The first-order valence-electron chi connectivity index (χ1n) is 9.76. The molecule has 0 bridgehead atoms. The number of nitrogens with zero attached hydrogens (tertiary/aromatic N) is 4. The average Bonchev–Trinajstić information content (AvgIpc) is 3.25. The fourth-order valence-electron chi connectivity index (χ4n) is 2.81. The Labute approximate surface area is 190 Å². The average molecular weight is 449 g/mol. The van der Waals surface area contributed by atoms with Crippen molar-refractivity contribution < 1.29 is 4.74 Å². The molecule has 0 aliphatic heterocycles. The van der Waals surface area contributed by atoms with Crippen LogP contribution in [0.1, 0.15) is 22.3 Å². The summed E-state index contributed by atoms with van der Waals surface area (Å²) < 4.78 is 7.67. The highest BCUT2D eigenvalue weighted by molar-refractivity contribution is 7.98. The first-order chi connectivity index (χ1) is 15.2. The molecule has 0 unspecified atom stereocenters. The van der Waals surface area contributed by atoms with Crippen LogP contribution in [-0.2, 0) is 12.4 Å². The van der Waals surface area contributed by atoms with Crippen molar-refractivity contribution in [3.05, 3.63) is 106 Å². The number of aryl methyl sites for hydroxylation is 1. The molecule has 0 amide bonds. The van der Waals surface area contributed by atoms with E-state index in [1.165, 1.54) is 11.1 Å². The molecule has 0 N–H and O–H groups in total. The van der Waals surface area contributed by atoms with Crippen LogP contribution < -0.4 is 4.74 Å². The number of thioether (sulfide) groups is 1. The Morgan fingerprint density at radius 2 is 1.74 bits per heavy atom.